The van der Waals surface area contributed by atoms with Crippen LogP contribution >= 0.6 is 0 Å². The highest BCUT2D eigenvalue weighted by atomic mass is 19.2. The quantitative estimate of drug-likeness (QED) is 0.830. The van der Waals surface area contributed by atoms with Crippen LogP contribution in [0.25, 0.3) is 0 Å². The van der Waals surface area contributed by atoms with Crippen LogP contribution in [0.15, 0.2) is 12.1 Å². The van der Waals surface area contributed by atoms with Gasteiger partial charge in [0.1, 0.15) is 17.2 Å². The summed E-state index contributed by atoms with van der Waals surface area (Å²) in [6.07, 6.45) is -0.325. The minimum Gasteiger partial charge on any atom is -0.444 e. The van der Waals surface area contributed by atoms with E-state index in [9.17, 15) is 22.8 Å². The molecule has 7 heteroatoms. The number of rotatable bonds is 2. The van der Waals surface area contributed by atoms with Crippen LogP contribution in [-0.2, 0) is 9.53 Å². The molecule has 0 aromatic heterocycles. The Labute approximate surface area is 138 Å². The summed E-state index contributed by atoms with van der Waals surface area (Å²) in [5, 5.41) is 2.55. The molecule has 1 aliphatic carbocycles. The van der Waals surface area contributed by atoms with E-state index in [0.29, 0.717) is 6.07 Å². The lowest BCUT2D eigenvalue weighted by Crippen LogP contribution is -2.45. The van der Waals surface area contributed by atoms with E-state index in [1.165, 1.54) is 0 Å². The van der Waals surface area contributed by atoms with Crippen LogP contribution in [0.5, 0.6) is 0 Å². The molecule has 0 bridgehead atoms. The van der Waals surface area contributed by atoms with Crippen LogP contribution in [-0.4, -0.2) is 23.5 Å². The molecule has 132 valence electrons. The van der Waals surface area contributed by atoms with Crippen LogP contribution in [0.2, 0.25) is 0 Å². The Morgan fingerprint density at radius 2 is 1.79 bits per heavy atom. The predicted octanol–water partition coefficient (Wildman–Crippen LogP) is 3.83. The van der Waals surface area contributed by atoms with E-state index >= 15 is 0 Å². The average molecular weight is 343 g/mol. The molecule has 0 heterocycles. The van der Waals surface area contributed by atoms with Gasteiger partial charge in [-0.3, -0.25) is 4.79 Å². The van der Waals surface area contributed by atoms with Gasteiger partial charge in [-0.1, -0.05) is 0 Å². The van der Waals surface area contributed by atoms with Gasteiger partial charge < -0.3 is 10.1 Å². The van der Waals surface area contributed by atoms with Gasteiger partial charge in [-0.05, 0) is 38.8 Å². The summed E-state index contributed by atoms with van der Waals surface area (Å²) in [7, 11) is 0. The summed E-state index contributed by atoms with van der Waals surface area (Å²) >= 11 is 0. The predicted molar refractivity (Wildman–Crippen MR) is 81.1 cm³/mol. The minimum atomic E-state index is -1.28. The molecule has 24 heavy (non-hydrogen) atoms. The molecular weight excluding hydrogens is 323 g/mol. The normalized spacial score (nSPS) is 21.5. The molecule has 4 nitrogen and oxygen atoms in total. The highest BCUT2D eigenvalue weighted by molar-refractivity contribution is 5.81. The Balaban J connectivity index is 2.25. The van der Waals surface area contributed by atoms with Crippen LogP contribution in [0.3, 0.4) is 0 Å². The Morgan fingerprint density at radius 3 is 2.42 bits per heavy atom. The lowest BCUT2D eigenvalue weighted by Gasteiger charge is -2.32. The molecule has 1 saturated carbocycles. The summed E-state index contributed by atoms with van der Waals surface area (Å²) in [5.74, 6) is -4.07. The molecule has 2 rings (SSSR count). The zero-order valence-electron chi connectivity index (χ0n) is 13.8. The third-order valence-electron chi connectivity index (χ3n) is 3.81. The van der Waals surface area contributed by atoms with Crippen LogP contribution in [0.1, 0.15) is 51.5 Å². The second kappa shape index (κ2) is 6.83. The van der Waals surface area contributed by atoms with Crippen molar-refractivity contribution in [2.75, 3.05) is 0 Å². The van der Waals surface area contributed by atoms with Crippen molar-refractivity contribution in [3.63, 3.8) is 0 Å². The molecular formula is C17H20F3NO3. The van der Waals surface area contributed by atoms with Gasteiger partial charge in [-0.25, -0.2) is 18.0 Å². The lowest BCUT2D eigenvalue weighted by atomic mass is 9.79. The third-order valence-corrected chi connectivity index (χ3v) is 3.81. The number of amides is 1. The van der Waals surface area contributed by atoms with Crippen molar-refractivity contribution in [1.82, 2.24) is 5.32 Å². The second-order valence-electron chi connectivity index (χ2n) is 6.93. The first-order valence-corrected chi connectivity index (χ1v) is 7.72. The first-order chi connectivity index (χ1) is 11.1. The zero-order valence-corrected chi connectivity index (χ0v) is 13.8. The molecule has 1 aromatic carbocycles. The molecule has 0 aliphatic heterocycles. The number of Topliss-reactive ketones (excluding diaryl/α,β-unsaturated/α-hetero) is 1. The van der Waals surface area contributed by atoms with Crippen LogP contribution in [0.4, 0.5) is 18.0 Å². The number of ketones is 1. The molecule has 2 atom stereocenters. The monoisotopic (exact) mass is 343 g/mol. The first kappa shape index (κ1) is 18.3. The van der Waals surface area contributed by atoms with Crippen molar-refractivity contribution in [1.29, 1.82) is 0 Å². The summed E-state index contributed by atoms with van der Waals surface area (Å²) in [6, 6.07) is 0.529. The van der Waals surface area contributed by atoms with Gasteiger partial charge >= 0.3 is 6.09 Å². The average Bonchev–Trinajstić information content (AvgIpc) is 2.41. The SMILES string of the molecule is CC(C)(C)OC(=O)NC1CC(=O)CCC1c1cc(F)c(F)cc1F. The number of carbonyl (C=O) groups is 2. The van der Waals surface area contributed by atoms with E-state index < -0.39 is 41.1 Å². The van der Waals surface area contributed by atoms with Gasteiger partial charge in [0.15, 0.2) is 11.6 Å². The van der Waals surface area contributed by atoms with Gasteiger partial charge in [0.05, 0.1) is 0 Å². The first-order valence-electron chi connectivity index (χ1n) is 7.72. The Kier molecular flexibility index (Phi) is 5.20. The number of halogens is 3. The smallest absolute Gasteiger partial charge is 0.407 e. The fourth-order valence-electron chi connectivity index (χ4n) is 2.81. The Hall–Kier alpha value is -2.05. The maximum absolute atomic E-state index is 14.1. The molecule has 1 aliphatic rings. The topological polar surface area (TPSA) is 55.4 Å². The maximum atomic E-state index is 14.1. The van der Waals surface area contributed by atoms with Crippen molar-refractivity contribution in [2.45, 2.75) is 57.6 Å². The molecule has 1 aromatic rings. The van der Waals surface area contributed by atoms with Gasteiger partial charge in [-0.2, -0.15) is 0 Å². The van der Waals surface area contributed by atoms with Crippen molar-refractivity contribution in [2.24, 2.45) is 0 Å². The summed E-state index contributed by atoms with van der Waals surface area (Å²) in [6.45, 7) is 5.06. The maximum Gasteiger partial charge on any atom is 0.407 e. The fourth-order valence-corrected chi connectivity index (χ4v) is 2.81. The third kappa shape index (κ3) is 4.49. The summed E-state index contributed by atoms with van der Waals surface area (Å²) < 4.78 is 45.8. The molecule has 1 amide bonds. The zero-order chi connectivity index (χ0) is 18.1. The minimum absolute atomic E-state index is 0.0116. The molecule has 1 N–H and O–H groups in total. The number of ether oxygens (including phenoxy) is 1. The highest BCUT2D eigenvalue weighted by Gasteiger charge is 2.34. The van der Waals surface area contributed by atoms with E-state index in [1.807, 2.05) is 0 Å². The Bertz CT molecular complexity index is 655. The Morgan fingerprint density at radius 1 is 1.17 bits per heavy atom. The lowest BCUT2D eigenvalue weighted by molar-refractivity contribution is -0.121. The van der Waals surface area contributed by atoms with Crippen LogP contribution < -0.4 is 5.32 Å². The standard InChI is InChI=1S/C17H20F3NO3/c1-17(2,3)24-16(23)21-15-6-9(22)4-5-10(15)11-7-13(19)14(20)8-12(11)18/h7-8,10,15H,4-6H2,1-3H3,(H,21,23). The van der Waals surface area contributed by atoms with Crippen molar-refractivity contribution >= 4 is 11.9 Å². The van der Waals surface area contributed by atoms with Gasteiger partial charge in [0.2, 0.25) is 0 Å². The number of hydrogen-bond donors (Lipinski definition) is 1. The van der Waals surface area contributed by atoms with Crippen molar-refractivity contribution < 1.29 is 27.5 Å². The van der Waals surface area contributed by atoms with Gasteiger partial charge in [0, 0.05) is 30.9 Å². The number of nitrogens with one attached hydrogen (secondary N) is 1. The molecule has 1 fully saturated rings. The summed E-state index contributed by atoms with van der Waals surface area (Å²) in [5.41, 5.74) is -0.784. The van der Waals surface area contributed by atoms with E-state index in [1.54, 1.807) is 20.8 Å². The second-order valence-corrected chi connectivity index (χ2v) is 6.93. The van der Waals surface area contributed by atoms with Gasteiger partial charge in [0.25, 0.3) is 0 Å². The van der Waals surface area contributed by atoms with E-state index in [4.69, 9.17) is 4.74 Å². The van der Waals surface area contributed by atoms with E-state index in [-0.39, 0.29) is 30.6 Å². The largest absolute Gasteiger partial charge is 0.444 e. The van der Waals surface area contributed by atoms with Crippen molar-refractivity contribution in [3.8, 4) is 0 Å². The number of benzene rings is 1. The molecule has 2 unspecified atom stereocenters. The summed E-state index contributed by atoms with van der Waals surface area (Å²) in [4.78, 5) is 23.6. The molecule has 0 spiro atoms. The number of alkyl carbamates (subject to hydrolysis) is 1. The van der Waals surface area contributed by atoms with E-state index in [2.05, 4.69) is 5.32 Å². The van der Waals surface area contributed by atoms with Crippen molar-refractivity contribution in [3.05, 3.63) is 35.1 Å². The number of carbonyl (C=O) groups excluding carboxylic acids is 2. The molecule has 0 saturated heterocycles. The molecule has 0 radical (unpaired) electrons. The fraction of sp³-hybridized carbons (Fsp3) is 0.529. The highest BCUT2D eigenvalue weighted by Crippen LogP contribution is 2.34. The number of hydrogen-bond acceptors (Lipinski definition) is 3. The van der Waals surface area contributed by atoms with Crippen LogP contribution in [0, 0.1) is 17.5 Å². The van der Waals surface area contributed by atoms with Gasteiger partial charge in [-0.15, -0.1) is 0 Å². The van der Waals surface area contributed by atoms with E-state index in [0.717, 1.165) is 6.07 Å².